The van der Waals surface area contributed by atoms with E-state index < -0.39 is 0 Å². The lowest BCUT2D eigenvalue weighted by Crippen LogP contribution is -2.29. The Morgan fingerprint density at radius 2 is 2.21 bits per heavy atom. The van der Waals surface area contributed by atoms with Crippen LogP contribution in [0.15, 0.2) is 22.8 Å². The Hall–Kier alpha value is -1.27. The van der Waals surface area contributed by atoms with Gasteiger partial charge in [-0.05, 0) is 41.9 Å². The summed E-state index contributed by atoms with van der Waals surface area (Å²) in [5.41, 5.74) is 2.36. The number of hydrogen-bond acceptors (Lipinski definition) is 3. The Labute approximate surface area is 118 Å². The molecular formula is C13H13BrFN3O. The number of fused-ring (bicyclic) bond motifs is 1. The van der Waals surface area contributed by atoms with Crippen LogP contribution in [0, 0.1) is 5.82 Å². The van der Waals surface area contributed by atoms with Crippen molar-refractivity contribution in [2.45, 2.75) is 32.6 Å². The number of nitrogens with zero attached hydrogens (tertiary/aromatic N) is 3. The molecule has 19 heavy (non-hydrogen) atoms. The molecule has 2 atom stereocenters. The van der Waals surface area contributed by atoms with E-state index in [4.69, 9.17) is 4.74 Å². The molecule has 1 aliphatic heterocycles. The van der Waals surface area contributed by atoms with Gasteiger partial charge in [0, 0.05) is 0 Å². The first-order valence-corrected chi connectivity index (χ1v) is 6.87. The molecule has 0 spiro atoms. The van der Waals surface area contributed by atoms with E-state index in [1.54, 1.807) is 6.07 Å². The fraction of sp³-hybridized carbons (Fsp3) is 0.385. The molecule has 0 radical (unpaired) electrons. The van der Waals surface area contributed by atoms with Gasteiger partial charge in [0.25, 0.3) is 0 Å². The average molecular weight is 326 g/mol. The van der Waals surface area contributed by atoms with Crippen LogP contribution >= 0.6 is 15.9 Å². The zero-order valence-electron chi connectivity index (χ0n) is 10.6. The lowest BCUT2D eigenvalue weighted by atomic mass is 10.2. The minimum atomic E-state index is -0.353. The summed E-state index contributed by atoms with van der Waals surface area (Å²) in [7, 11) is 0. The molecule has 4 nitrogen and oxygen atoms in total. The van der Waals surface area contributed by atoms with E-state index in [-0.39, 0.29) is 18.0 Å². The van der Waals surface area contributed by atoms with Crippen molar-refractivity contribution >= 4 is 15.9 Å². The van der Waals surface area contributed by atoms with E-state index in [9.17, 15) is 4.39 Å². The number of aromatic nitrogens is 3. The highest BCUT2D eigenvalue weighted by Gasteiger charge is 2.28. The topological polar surface area (TPSA) is 39.9 Å². The van der Waals surface area contributed by atoms with Crippen molar-refractivity contribution < 1.29 is 9.13 Å². The van der Waals surface area contributed by atoms with E-state index >= 15 is 0 Å². The summed E-state index contributed by atoms with van der Waals surface area (Å²) < 4.78 is 21.4. The maximum Gasteiger partial charge on any atom is 0.141 e. The van der Waals surface area contributed by atoms with Gasteiger partial charge in [-0.15, -0.1) is 0 Å². The van der Waals surface area contributed by atoms with Gasteiger partial charge >= 0.3 is 0 Å². The molecule has 3 rings (SSSR count). The van der Waals surface area contributed by atoms with Gasteiger partial charge in [0.1, 0.15) is 11.5 Å². The maximum atomic E-state index is 12.9. The van der Waals surface area contributed by atoms with Gasteiger partial charge in [0.2, 0.25) is 0 Å². The first kappa shape index (κ1) is 12.7. The van der Waals surface area contributed by atoms with Crippen LogP contribution in [0.1, 0.15) is 25.6 Å². The van der Waals surface area contributed by atoms with Crippen LogP contribution in [0.3, 0.4) is 0 Å². The molecule has 0 saturated carbocycles. The largest absolute Gasteiger partial charge is 0.370 e. The van der Waals surface area contributed by atoms with E-state index in [0.29, 0.717) is 12.3 Å². The fourth-order valence-electron chi connectivity index (χ4n) is 2.14. The first-order valence-electron chi connectivity index (χ1n) is 6.08. The number of rotatable bonds is 1. The second kappa shape index (κ2) is 4.68. The minimum absolute atomic E-state index is 0.119. The standard InChI is InChI=1S/C13H13BrFN3O/c1-7-8(2)19-6-11-12(14)13(17-18(7)11)10-4-3-9(15)5-16-10/h3-5,7-8H,6H2,1-2H3/t7-,8+/m1/s1. The normalized spacial score (nSPS) is 22.3. The van der Waals surface area contributed by atoms with Crippen LogP contribution in [0.5, 0.6) is 0 Å². The zero-order chi connectivity index (χ0) is 13.6. The van der Waals surface area contributed by atoms with Gasteiger partial charge in [-0.1, -0.05) is 0 Å². The molecule has 0 aromatic carbocycles. The van der Waals surface area contributed by atoms with Crippen molar-refractivity contribution in [3.63, 3.8) is 0 Å². The molecule has 0 N–H and O–H groups in total. The Bertz CT molecular complexity index is 611. The van der Waals surface area contributed by atoms with Crippen molar-refractivity contribution in [2.24, 2.45) is 0 Å². The monoisotopic (exact) mass is 325 g/mol. The second-order valence-corrected chi connectivity index (χ2v) is 5.47. The highest BCUT2D eigenvalue weighted by Crippen LogP contribution is 2.35. The van der Waals surface area contributed by atoms with Crippen LogP contribution in [0.4, 0.5) is 4.39 Å². The molecule has 2 aromatic heterocycles. The molecule has 0 saturated heterocycles. The Morgan fingerprint density at radius 1 is 1.42 bits per heavy atom. The van der Waals surface area contributed by atoms with Crippen LogP contribution in [-0.4, -0.2) is 20.9 Å². The van der Waals surface area contributed by atoms with Crippen molar-refractivity contribution in [2.75, 3.05) is 0 Å². The van der Waals surface area contributed by atoms with E-state index in [0.717, 1.165) is 15.9 Å². The third-order valence-corrected chi connectivity index (χ3v) is 4.30. The van der Waals surface area contributed by atoms with Crippen molar-refractivity contribution in [3.8, 4) is 11.4 Å². The van der Waals surface area contributed by atoms with Crippen molar-refractivity contribution in [1.82, 2.24) is 14.8 Å². The molecule has 0 amide bonds. The highest BCUT2D eigenvalue weighted by molar-refractivity contribution is 9.10. The smallest absolute Gasteiger partial charge is 0.141 e. The van der Waals surface area contributed by atoms with Crippen LogP contribution in [-0.2, 0) is 11.3 Å². The fourth-order valence-corrected chi connectivity index (χ4v) is 2.72. The molecule has 6 heteroatoms. The summed E-state index contributed by atoms with van der Waals surface area (Å²) in [5, 5.41) is 4.59. The van der Waals surface area contributed by atoms with Gasteiger partial charge in [-0.3, -0.25) is 9.67 Å². The molecule has 2 aromatic rings. The molecule has 3 heterocycles. The lowest BCUT2D eigenvalue weighted by Gasteiger charge is -2.28. The summed E-state index contributed by atoms with van der Waals surface area (Å²) in [6.45, 7) is 4.61. The Kier molecular flexibility index (Phi) is 3.14. The van der Waals surface area contributed by atoms with E-state index in [1.807, 2.05) is 11.6 Å². The minimum Gasteiger partial charge on any atom is -0.370 e. The van der Waals surface area contributed by atoms with Gasteiger partial charge < -0.3 is 4.74 Å². The van der Waals surface area contributed by atoms with Crippen LogP contribution < -0.4 is 0 Å². The Balaban J connectivity index is 2.09. The third-order valence-electron chi connectivity index (χ3n) is 3.46. The zero-order valence-corrected chi connectivity index (χ0v) is 12.2. The second-order valence-electron chi connectivity index (χ2n) is 4.67. The maximum absolute atomic E-state index is 12.9. The third kappa shape index (κ3) is 2.08. The number of ether oxygens (including phenoxy) is 1. The SMILES string of the molecule is C[C@@H]1OCc2c(Br)c(-c3ccc(F)cn3)nn2[C@@H]1C. The molecule has 0 bridgehead atoms. The summed E-state index contributed by atoms with van der Waals surface area (Å²) in [4.78, 5) is 4.08. The summed E-state index contributed by atoms with van der Waals surface area (Å²) in [6, 6.07) is 3.17. The number of pyridine rings is 1. The Morgan fingerprint density at radius 3 is 2.89 bits per heavy atom. The highest BCUT2D eigenvalue weighted by atomic mass is 79.9. The molecular weight excluding hydrogens is 313 g/mol. The van der Waals surface area contributed by atoms with Gasteiger partial charge in [0.05, 0.1) is 40.8 Å². The quantitative estimate of drug-likeness (QED) is 0.807. The number of halogens is 2. The average Bonchev–Trinajstić information content (AvgIpc) is 2.73. The molecule has 100 valence electrons. The summed E-state index contributed by atoms with van der Waals surface area (Å²) >= 11 is 3.54. The van der Waals surface area contributed by atoms with Gasteiger partial charge in [0.15, 0.2) is 0 Å². The van der Waals surface area contributed by atoms with Crippen LogP contribution in [0.25, 0.3) is 11.4 Å². The van der Waals surface area contributed by atoms with E-state index in [2.05, 4.69) is 32.9 Å². The summed E-state index contributed by atoms with van der Waals surface area (Å²) in [6.07, 6.45) is 1.32. The van der Waals surface area contributed by atoms with Crippen LogP contribution in [0.2, 0.25) is 0 Å². The molecule has 0 unspecified atom stereocenters. The molecule has 0 aliphatic carbocycles. The predicted octanol–water partition coefficient (Wildman–Crippen LogP) is 3.33. The number of hydrogen-bond donors (Lipinski definition) is 0. The van der Waals surface area contributed by atoms with Crippen molar-refractivity contribution in [1.29, 1.82) is 0 Å². The lowest BCUT2D eigenvalue weighted by molar-refractivity contribution is -0.0108. The van der Waals surface area contributed by atoms with Crippen molar-refractivity contribution in [3.05, 3.63) is 34.3 Å². The molecule has 1 aliphatic rings. The molecule has 0 fully saturated rings. The van der Waals surface area contributed by atoms with Gasteiger partial charge in [-0.25, -0.2) is 4.39 Å². The first-order chi connectivity index (χ1) is 9.08. The van der Waals surface area contributed by atoms with E-state index in [1.165, 1.54) is 12.3 Å². The predicted molar refractivity (Wildman–Crippen MR) is 72.1 cm³/mol. The summed E-state index contributed by atoms with van der Waals surface area (Å²) in [5.74, 6) is -0.353. The van der Waals surface area contributed by atoms with Gasteiger partial charge in [-0.2, -0.15) is 5.10 Å².